The van der Waals surface area contributed by atoms with Crippen molar-refractivity contribution in [2.75, 3.05) is 11.5 Å². The number of sulfone groups is 1. The number of hydrazine groups is 1. The third-order valence-corrected chi connectivity index (χ3v) is 6.47. The summed E-state index contributed by atoms with van der Waals surface area (Å²) in [6.07, 6.45) is 0.548. The number of aryl methyl sites for hydroxylation is 1. The van der Waals surface area contributed by atoms with Crippen molar-refractivity contribution in [1.29, 1.82) is 0 Å². The van der Waals surface area contributed by atoms with Gasteiger partial charge in [-0.3, -0.25) is 20.4 Å². The van der Waals surface area contributed by atoms with Crippen molar-refractivity contribution in [3.63, 3.8) is 0 Å². The van der Waals surface area contributed by atoms with Crippen molar-refractivity contribution in [2.24, 2.45) is 5.92 Å². The monoisotopic (exact) mass is 390 g/mol. The first kappa shape index (κ1) is 19.1. The van der Waals surface area contributed by atoms with Crippen LogP contribution in [0.5, 0.6) is 0 Å². The molecule has 8 nitrogen and oxygen atoms in total. The zero-order valence-electron chi connectivity index (χ0n) is 15.2. The van der Waals surface area contributed by atoms with Crippen LogP contribution in [0.15, 0.2) is 30.3 Å². The Labute approximate surface area is 157 Å². The second-order valence-electron chi connectivity index (χ2n) is 6.77. The summed E-state index contributed by atoms with van der Waals surface area (Å²) in [5.74, 6) is -0.919. The fraction of sp³-hybridized carbons (Fsp3) is 0.389. The maximum Gasteiger partial charge on any atom is 0.273 e. The lowest BCUT2D eigenvalue weighted by atomic mass is 10.1. The first-order chi connectivity index (χ1) is 12.8. The molecule has 1 aliphatic heterocycles. The molecule has 1 saturated heterocycles. The number of aromatic nitrogens is 2. The van der Waals surface area contributed by atoms with E-state index in [1.165, 1.54) is 0 Å². The normalized spacial score (nSPS) is 18.2. The second-order valence-corrected chi connectivity index (χ2v) is 9.00. The van der Waals surface area contributed by atoms with Crippen molar-refractivity contribution in [3.8, 4) is 5.69 Å². The Morgan fingerprint density at radius 1 is 1.19 bits per heavy atom. The standard InChI is InChI=1S/C18H22N4O4S/c1-12-17(13(2)22(21-12)15-6-4-3-5-7-15)18(24)20-19-16(23)10-14-8-9-27(25,26)11-14/h3-7,14H,8-11H2,1-2H3,(H,19,23)(H,20,24)/t14-/m0/s1. The van der Waals surface area contributed by atoms with Gasteiger partial charge >= 0.3 is 0 Å². The second kappa shape index (κ2) is 7.51. The van der Waals surface area contributed by atoms with E-state index >= 15 is 0 Å². The molecule has 144 valence electrons. The molecule has 0 spiro atoms. The highest BCUT2D eigenvalue weighted by Gasteiger charge is 2.29. The van der Waals surface area contributed by atoms with Crippen LogP contribution in [0.4, 0.5) is 0 Å². The molecule has 0 unspecified atom stereocenters. The minimum atomic E-state index is -3.03. The van der Waals surface area contributed by atoms with E-state index in [1.807, 2.05) is 30.3 Å². The summed E-state index contributed by atoms with van der Waals surface area (Å²) in [6.45, 7) is 3.51. The highest BCUT2D eigenvalue weighted by Crippen LogP contribution is 2.21. The molecule has 1 aromatic heterocycles. The van der Waals surface area contributed by atoms with Gasteiger partial charge in [0, 0.05) is 6.42 Å². The number of rotatable bonds is 4. The number of para-hydroxylation sites is 1. The van der Waals surface area contributed by atoms with Crippen LogP contribution in [0.25, 0.3) is 5.69 Å². The van der Waals surface area contributed by atoms with Gasteiger partial charge in [0.25, 0.3) is 5.91 Å². The molecular weight excluding hydrogens is 368 g/mol. The van der Waals surface area contributed by atoms with Crippen LogP contribution >= 0.6 is 0 Å². The minimum Gasteiger partial charge on any atom is -0.273 e. The lowest BCUT2D eigenvalue weighted by Crippen LogP contribution is -2.42. The smallest absolute Gasteiger partial charge is 0.273 e. The van der Waals surface area contributed by atoms with Gasteiger partial charge in [0.2, 0.25) is 5.91 Å². The zero-order chi connectivity index (χ0) is 19.6. The Hall–Kier alpha value is -2.68. The third kappa shape index (κ3) is 4.36. The summed E-state index contributed by atoms with van der Waals surface area (Å²) in [5.41, 5.74) is 7.20. The van der Waals surface area contributed by atoms with Crippen LogP contribution in [0.1, 0.15) is 34.6 Å². The molecule has 27 heavy (non-hydrogen) atoms. The quantitative estimate of drug-likeness (QED) is 0.759. The van der Waals surface area contributed by atoms with Crippen molar-refractivity contribution >= 4 is 21.7 Å². The molecule has 3 rings (SSSR count). The average molecular weight is 390 g/mol. The third-order valence-electron chi connectivity index (χ3n) is 4.64. The van der Waals surface area contributed by atoms with Gasteiger partial charge < -0.3 is 0 Å². The van der Waals surface area contributed by atoms with Crippen molar-refractivity contribution in [1.82, 2.24) is 20.6 Å². The van der Waals surface area contributed by atoms with E-state index in [0.29, 0.717) is 23.4 Å². The maximum atomic E-state index is 12.5. The fourth-order valence-electron chi connectivity index (χ4n) is 3.33. The zero-order valence-corrected chi connectivity index (χ0v) is 16.0. The summed E-state index contributed by atoms with van der Waals surface area (Å²) >= 11 is 0. The Morgan fingerprint density at radius 3 is 2.52 bits per heavy atom. The molecule has 1 aliphatic rings. The summed E-state index contributed by atoms with van der Waals surface area (Å²) in [7, 11) is -3.03. The van der Waals surface area contributed by atoms with Crippen LogP contribution < -0.4 is 10.9 Å². The van der Waals surface area contributed by atoms with Crippen LogP contribution in [0.3, 0.4) is 0 Å². The van der Waals surface area contributed by atoms with Gasteiger partial charge in [0.1, 0.15) is 0 Å². The molecule has 2 N–H and O–H groups in total. The highest BCUT2D eigenvalue weighted by molar-refractivity contribution is 7.91. The molecule has 1 atom stereocenters. The lowest BCUT2D eigenvalue weighted by molar-refractivity contribution is -0.122. The predicted octanol–water partition coefficient (Wildman–Crippen LogP) is 1.07. The first-order valence-corrected chi connectivity index (χ1v) is 10.5. The van der Waals surface area contributed by atoms with Gasteiger partial charge in [-0.05, 0) is 38.3 Å². The summed E-state index contributed by atoms with van der Waals surface area (Å²) < 4.78 is 24.6. The molecule has 1 fully saturated rings. The van der Waals surface area contributed by atoms with E-state index < -0.39 is 21.7 Å². The molecule has 9 heteroatoms. The first-order valence-electron chi connectivity index (χ1n) is 8.68. The van der Waals surface area contributed by atoms with Crippen molar-refractivity contribution in [3.05, 3.63) is 47.3 Å². The highest BCUT2D eigenvalue weighted by atomic mass is 32.2. The van der Waals surface area contributed by atoms with Crippen molar-refractivity contribution < 1.29 is 18.0 Å². The number of amides is 2. The number of carbonyl (C=O) groups is 2. The lowest BCUT2D eigenvalue weighted by Gasteiger charge is -2.10. The van der Waals surface area contributed by atoms with E-state index in [-0.39, 0.29) is 23.8 Å². The molecule has 0 saturated carbocycles. The molecule has 0 aliphatic carbocycles. The molecule has 2 aromatic rings. The van der Waals surface area contributed by atoms with E-state index in [2.05, 4.69) is 16.0 Å². The van der Waals surface area contributed by atoms with E-state index in [9.17, 15) is 18.0 Å². The van der Waals surface area contributed by atoms with Crippen molar-refractivity contribution in [2.45, 2.75) is 26.7 Å². The molecule has 2 amide bonds. The molecule has 0 bridgehead atoms. The Bertz CT molecular complexity index is 967. The number of benzene rings is 1. The van der Waals surface area contributed by atoms with Gasteiger partial charge in [-0.25, -0.2) is 13.1 Å². The maximum absolute atomic E-state index is 12.5. The van der Waals surface area contributed by atoms with Crippen LogP contribution in [-0.2, 0) is 14.6 Å². The topological polar surface area (TPSA) is 110 Å². The Kier molecular flexibility index (Phi) is 5.31. The number of hydrogen-bond acceptors (Lipinski definition) is 5. The molecule has 0 radical (unpaired) electrons. The summed E-state index contributed by atoms with van der Waals surface area (Å²) in [5, 5.41) is 4.40. The van der Waals surface area contributed by atoms with Crippen LogP contribution in [0, 0.1) is 19.8 Å². The summed E-state index contributed by atoms with van der Waals surface area (Å²) in [4.78, 5) is 24.5. The van der Waals surface area contributed by atoms with Gasteiger partial charge in [-0.15, -0.1) is 0 Å². The molecule has 1 aromatic carbocycles. The number of carbonyl (C=O) groups excluding carboxylic acids is 2. The molecule has 2 heterocycles. The Morgan fingerprint density at radius 2 is 1.89 bits per heavy atom. The van der Waals surface area contributed by atoms with Gasteiger partial charge in [0.15, 0.2) is 9.84 Å². The van der Waals surface area contributed by atoms with Gasteiger partial charge in [-0.2, -0.15) is 5.10 Å². The average Bonchev–Trinajstić information content (AvgIpc) is 3.11. The van der Waals surface area contributed by atoms with E-state index in [0.717, 1.165) is 5.69 Å². The van der Waals surface area contributed by atoms with Gasteiger partial charge in [-0.1, -0.05) is 18.2 Å². The number of nitrogens with one attached hydrogen (secondary N) is 2. The molecular formula is C18H22N4O4S. The number of nitrogens with zero attached hydrogens (tertiary/aromatic N) is 2. The predicted molar refractivity (Wildman–Crippen MR) is 100 cm³/mol. The minimum absolute atomic E-state index is 0.0242. The fourth-order valence-corrected chi connectivity index (χ4v) is 5.19. The van der Waals surface area contributed by atoms with Crippen LogP contribution in [0.2, 0.25) is 0 Å². The van der Waals surface area contributed by atoms with E-state index in [4.69, 9.17) is 0 Å². The largest absolute Gasteiger partial charge is 0.273 e. The van der Waals surface area contributed by atoms with Gasteiger partial charge in [0.05, 0.1) is 34.1 Å². The van der Waals surface area contributed by atoms with E-state index in [1.54, 1.807) is 18.5 Å². The number of hydrogen-bond donors (Lipinski definition) is 2. The SMILES string of the molecule is Cc1nn(-c2ccccc2)c(C)c1C(=O)NNC(=O)C[C@@H]1CCS(=O)(=O)C1. The Balaban J connectivity index is 1.63. The summed E-state index contributed by atoms with van der Waals surface area (Å²) in [6, 6.07) is 9.44. The van der Waals surface area contributed by atoms with Crippen LogP contribution in [-0.4, -0.2) is 41.5 Å².